The third-order valence-corrected chi connectivity index (χ3v) is 10.5. The molecule has 0 fully saturated rings. The Kier molecular flexibility index (Phi) is 50.5. The third-order valence-electron chi connectivity index (χ3n) is 10.5. The molecule has 0 aliphatic carbocycles. The number of rotatable bonds is 46. The molecule has 5 heteroatoms. The fourth-order valence-corrected chi connectivity index (χ4v) is 6.63. The van der Waals surface area contributed by atoms with Crippen molar-refractivity contribution in [3.05, 3.63) is 122 Å². The van der Waals surface area contributed by atoms with Gasteiger partial charge in [0.1, 0.15) is 6.61 Å². The van der Waals surface area contributed by atoms with Crippen LogP contribution in [0.1, 0.15) is 213 Å². The Hall–Kier alpha value is -3.70. The van der Waals surface area contributed by atoms with E-state index in [1.165, 1.54) is 64.2 Å². The Morgan fingerprint density at radius 3 is 1.19 bits per heavy atom. The number of unbranched alkanes of at least 4 members (excludes halogenated alkanes) is 15. The lowest BCUT2D eigenvalue weighted by molar-refractivity contribution is -0.163. The summed E-state index contributed by atoms with van der Waals surface area (Å²) in [5, 5.41) is 0. The zero-order valence-electron chi connectivity index (χ0n) is 41.5. The molecule has 0 bridgehead atoms. The molecule has 362 valence electrons. The lowest BCUT2D eigenvalue weighted by atomic mass is 10.1. The highest BCUT2D eigenvalue weighted by molar-refractivity contribution is 5.70. The lowest BCUT2D eigenvalue weighted by Gasteiger charge is -2.18. The van der Waals surface area contributed by atoms with E-state index in [1.807, 2.05) is 0 Å². The van der Waals surface area contributed by atoms with Crippen LogP contribution in [-0.4, -0.2) is 37.9 Å². The van der Waals surface area contributed by atoms with Crippen molar-refractivity contribution in [3.8, 4) is 0 Å². The van der Waals surface area contributed by atoms with Gasteiger partial charge in [-0.3, -0.25) is 9.59 Å². The van der Waals surface area contributed by atoms with E-state index in [0.717, 1.165) is 116 Å². The molecule has 0 rings (SSSR count). The van der Waals surface area contributed by atoms with Crippen molar-refractivity contribution in [2.24, 2.45) is 0 Å². The van der Waals surface area contributed by atoms with Crippen molar-refractivity contribution in [1.29, 1.82) is 0 Å². The van der Waals surface area contributed by atoms with Gasteiger partial charge >= 0.3 is 11.9 Å². The average Bonchev–Trinajstić information content (AvgIpc) is 3.30. The molecule has 0 spiro atoms. The van der Waals surface area contributed by atoms with Crippen LogP contribution in [0.15, 0.2) is 122 Å². The summed E-state index contributed by atoms with van der Waals surface area (Å²) in [5.74, 6) is -0.490. The molecule has 0 aromatic carbocycles. The van der Waals surface area contributed by atoms with Gasteiger partial charge in [-0.15, -0.1) is 0 Å². The molecule has 0 aliphatic rings. The number of esters is 2. The fourth-order valence-electron chi connectivity index (χ4n) is 6.63. The average molecular weight is 885 g/mol. The number of carbonyl (C=O) groups is 2. The monoisotopic (exact) mass is 885 g/mol. The van der Waals surface area contributed by atoms with Gasteiger partial charge in [0.05, 0.1) is 6.61 Å². The summed E-state index contributed by atoms with van der Waals surface area (Å²) >= 11 is 0. The predicted octanol–water partition coefficient (Wildman–Crippen LogP) is 17.8. The quantitative estimate of drug-likeness (QED) is 0.0346. The van der Waals surface area contributed by atoms with Gasteiger partial charge < -0.3 is 14.2 Å². The van der Waals surface area contributed by atoms with E-state index < -0.39 is 6.10 Å². The van der Waals surface area contributed by atoms with Crippen LogP contribution in [0.25, 0.3) is 0 Å². The molecule has 0 aliphatic heterocycles. The Bertz CT molecular complexity index is 1320. The highest BCUT2D eigenvalue weighted by Gasteiger charge is 2.17. The highest BCUT2D eigenvalue weighted by atomic mass is 16.6. The van der Waals surface area contributed by atoms with Gasteiger partial charge in [-0.25, -0.2) is 0 Å². The predicted molar refractivity (Wildman–Crippen MR) is 279 cm³/mol. The Balaban J connectivity index is 4.36. The highest BCUT2D eigenvalue weighted by Crippen LogP contribution is 2.12. The molecule has 0 amide bonds. The smallest absolute Gasteiger partial charge is 0.306 e. The van der Waals surface area contributed by atoms with E-state index in [1.54, 1.807) is 0 Å². The molecule has 0 heterocycles. The van der Waals surface area contributed by atoms with Crippen LogP contribution in [-0.2, 0) is 23.8 Å². The molecular formula is C59H96O5. The minimum absolute atomic E-state index is 0.0406. The Morgan fingerprint density at radius 1 is 0.359 bits per heavy atom. The van der Waals surface area contributed by atoms with Crippen molar-refractivity contribution in [3.63, 3.8) is 0 Å². The van der Waals surface area contributed by atoms with Crippen LogP contribution in [0.5, 0.6) is 0 Å². The number of carbonyl (C=O) groups excluding carboxylic acids is 2. The molecule has 0 saturated carbocycles. The summed E-state index contributed by atoms with van der Waals surface area (Å²) in [6, 6.07) is 0. The van der Waals surface area contributed by atoms with Crippen LogP contribution < -0.4 is 0 Å². The number of hydrogen-bond acceptors (Lipinski definition) is 5. The maximum Gasteiger partial charge on any atom is 0.306 e. The molecular weight excluding hydrogens is 789 g/mol. The summed E-state index contributed by atoms with van der Waals surface area (Å²) in [7, 11) is 0. The van der Waals surface area contributed by atoms with Gasteiger partial charge in [0.15, 0.2) is 6.10 Å². The summed E-state index contributed by atoms with van der Waals surface area (Å²) in [6.45, 7) is 7.46. The van der Waals surface area contributed by atoms with Crippen LogP contribution in [0, 0.1) is 0 Å². The van der Waals surface area contributed by atoms with E-state index in [-0.39, 0.29) is 25.2 Å². The molecule has 0 saturated heterocycles. The van der Waals surface area contributed by atoms with E-state index in [2.05, 4.69) is 142 Å². The topological polar surface area (TPSA) is 61.8 Å². The van der Waals surface area contributed by atoms with Crippen LogP contribution in [0.4, 0.5) is 0 Å². The molecule has 64 heavy (non-hydrogen) atoms. The third kappa shape index (κ3) is 50.9. The number of hydrogen-bond donors (Lipinski definition) is 0. The van der Waals surface area contributed by atoms with Gasteiger partial charge in [0.25, 0.3) is 0 Å². The van der Waals surface area contributed by atoms with Crippen molar-refractivity contribution < 1.29 is 23.8 Å². The summed E-state index contributed by atoms with van der Waals surface area (Å²) in [4.78, 5) is 25.4. The molecule has 5 nitrogen and oxygen atoms in total. The summed E-state index contributed by atoms with van der Waals surface area (Å²) < 4.78 is 17.3. The summed E-state index contributed by atoms with van der Waals surface area (Å²) in [6.07, 6.45) is 75.0. The maximum absolute atomic E-state index is 12.8. The normalized spacial score (nSPS) is 13.2. The van der Waals surface area contributed by atoms with Crippen molar-refractivity contribution >= 4 is 11.9 Å². The number of ether oxygens (including phenoxy) is 3. The standard InChI is InChI=1S/C59H96O5/c1-4-7-10-13-16-19-22-24-26-28-29-30-32-34-36-39-42-45-48-51-54-62-55-57(64-59(61)53-50-47-44-41-37-21-18-15-12-9-6-3)56-63-58(60)52-49-46-43-40-38-35-33-31-27-25-23-20-17-14-11-8-5-2/h7-8,10-11,15-20,24-27,29-30,33,35,40,43,57H,4-6,9,12-14,21-23,28,31-32,34,36-39,41-42,44-56H2,1-3H3/b10-7-,11-8-,18-15-,19-16-,20-17-,26-24-,27-25-,30-29-,35-33-,43-40-. The van der Waals surface area contributed by atoms with Gasteiger partial charge in [0.2, 0.25) is 0 Å². The Morgan fingerprint density at radius 2 is 0.719 bits per heavy atom. The van der Waals surface area contributed by atoms with Crippen LogP contribution >= 0.6 is 0 Å². The second-order valence-corrected chi connectivity index (χ2v) is 16.7. The second kappa shape index (κ2) is 53.6. The minimum atomic E-state index is -0.577. The molecule has 0 aromatic rings. The fraction of sp³-hybridized carbons (Fsp3) is 0.627. The second-order valence-electron chi connectivity index (χ2n) is 16.7. The van der Waals surface area contributed by atoms with Gasteiger partial charge in [-0.2, -0.15) is 0 Å². The molecule has 1 unspecified atom stereocenters. The van der Waals surface area contributed by atoms with Crippen LogP contribution in [0.3, 0.4) is 0 Å². The van der Waals surface area contributed by atoms with Crippen molar-refractivity contribution in [1.82, 2.24) is 0 Å². The summed E-state index contributed by atoms with van der Waals surface area (Å²) in [5.41, 5.74) is 0. The van der Waals surface area contributed by atoms with E-state index >= 15 is 0 Å². The van der Waals surface area contributed by atoms with E-state index in [4.69, 9.17) is 14.2 Å². The molecule has 1 atom stereocenters. The lowest BCUT2D eigenvalue weighted by Crippen LogP contribution is -2.30. The molecule has 0 radical (unpaired) electrons. The van der Waals surface area contributed by atoms with Gasteiger partial charge in [-0.1, -0.05) is 206 Å². The minimum Gasteiger partial charge on any atom is -0.462 e. The molecule has 0 N–H and O–H groups in total. The van der Waals surface area contributed by atoms with Gasteiger partial charge in [-0.05, 0) is 116 Å². The van der Waals surface area contributed by atoms with Gasteiger partial charge in [0, 0.05) is 19.4 Å². The SMILES string of the molecule is CC/C=C\C/C=C\C/C=C\C/C=C\C/C=C\CCCC(=O)OCC(COCCCCCCCCC/C=C\C/C=C\C/C=C\C/C=C\CC)OC(=O)CCCCCCC/C=C\CCCC. The van der Waals surface area contributed by atoms with E-state index in [9.17, 15) is 9.59 Å². The first-order chi connectivity index (χ1) is 31.6. The number of allylic oxidation sites excluding steroid dienone is 20. The maximum atomic E-state index is 12.8. The first kappa shape index (κ1) is 60.3. The first-order valence-electron chi connectivity index (χ1n) is 26.1. The Labute approximate surface area is 395 Å². The first-order valence-corrected chi connectivity index (χ1v) is 26.1. The van der Waals surface area contributed by atoms with E-state index in [0.29, 0.717) is 19.4 Å². The van der Waals surface area contributed by atoms with Crippen molar-refractivity contribution in [2.45, 2.75) is 219 Å². The van der Waals surface area contributed by atoms with Crippen LogP contribution in [0.2, 0.25) is 0 Å². The van der Waals surface area contributed by atoms with Crippen molar-refractivity contribution in [2.75, 3.05) is 19.8 Å². The molecule has 0 aromatic heterocycles. The largest absolute Gasteiger partial charge is 0.462 e. The zero-order valence-corrected chi connectivity index (χ0v) is 41.5. The zero-order chi connectivity index (χ0) is 46.3.